The fourth-order valence-corrected chi connectivity index (χ4v) is 1.04. The molecule has 0 radical (unpaired) electrons. The van der Waals surface area contributed by atoms with Gasteiger partial charge in [-0.1, -0.05) is 6.92 Å². The number of hydrogen-bond acceptors (Lipinski definition) is 3. The van der Waals surface area contributed by atoms with Crippen LogP contribution in [0.3, 0.4) is 0 Å². The standard InChI is InChI=1S/C9H12O3/c1-2-5-12-9(11)7-3-4-8(10)6-7/h6H,2-5H2,1H3. The lowest BCUT2D eigenvalue weighted by atomic mass is 10.2. The van der Waals surface area contributed by atoms with Crippen molar-refractivity contribution >= 4 is 11.8 Å². The van der Waals surface area contributed by atoms with Crippen LogP contribution in [0.5, 0.6) is 0 Å². The minimum absolute atomic E-state index is 0.0263. The summed E-state index contributed by atoms with van der Waals surface area (Å²) in [6.45, 7) is 2.37. The largest absolute Gasteiger partial charge is 0.462 e. The number of carbonyl (C=O) groups is 2. The van der Waals surface area contributed by atoms with Crippen LogP contribution >= 0.6 is 0 Å². The van der Waals surface area contributed by atoms with Gasteiger partial charge in [0.05, 0.1) is 6.61 Å². The minimum atomic E-state index is -0.331. The van der Waals surface area contributed by atoms with Crippen LogP contribution in [0, 0.1) is 0 Å². The Kier molecular flexibility index (Phi) is 3.02. The zero-order valence-electron chi connectivity index (χ0n) is 7.13. The summed E-state index contributed by atoms with van der Waals surface area (Å²) in [5.74, 6) is -0.304. The summed E-state index contributed by atoms with van der Waals surface area (Å²) in [6, 6.07) is 0. The number of hydrogen-bond donors (Lipinski definition) is 0. The molecule has 0 heterocycles. The monoisotopic (exact) mass is 168 g/mol. The van der Waals surface area contributed by atoms with Crippen molar-refractivity contribution in [1.82, 2.24) is 0 Å². The molecule has 3 heteroatoms. The van der Waals surface area contributed by atoms with Gasteiger partial charge in [-0.15, -0.1) is 0 Å². The number of ketones is 1. The molecule has 0 aromatic rings. The van der Waals surface area contributed by atoms with E-state index in [0.29, 0.717) is 25.0 Å². The second-order valence-electron chi connectivity index (χ2n) is 2.77. The number of allylic oxidation sites excluding steroid dienone is 1. The van der Waals surface area contributed by atoms with E-state index in [1.165, 1.54) is 6.08 Å². The molecule has 1 aliphatic rings. The first-order valence-corrected chi connectivity index (χ1v) is 4.14. The molecule has 1 aliphatic carbocycles. The zero-order chi connectivity index (χ0) is 8.97. The van der Waals surface area contributed by atoms with Crippen molar-refractivity contribution in [2.45, 2.75) is 26.2 Å². The molecule has 1 rings (SSSR count). The van der Waals surface area contributed by atoms with E-state index in [0.717, 1.165) is 6.42 Å². The molecule has 0 unspecified atom stereocenters. The molecular formula is C9H12O3. The lowest BCUT2D eigenvalue weighted by molar-refractivity contribution is -0.139. The Labute approximate surface area is 71.4 Å². The van der Waals surface area contributed by atoms with E-state index in [1.807, 2.05) is 6.92 Å². The van der Waals surface area contributed by atoms with Gasteiger partial charge in [0.15, 0.2) is 5.78 Å². The van der Waals surface area contributed by atoms with Gasteiger partial charge in [0.1, 0.15) is 0 Å². The van der Waals surface area contributed by atoms with Crippen molar-refractivity contribution < 1.29 is 14.3 Å². The third kappa shape index (κ3) is 2.19. The summed E-state index contributed by atoms with van der Waals surface area (Å²) in [5, 5.41) is 0. The molecular weight excluding hydrogens is 156 g/mol. The number of carbonyl (C=O) groups excluding carboxylic acids is 2. The van der Waals surface area contributed by atoms with Crippen molar-refractivity contribution in [3.63, 3.8) is 0 Å². The van der Waals surface area contributed by atoms with Crippen molar-refractivity contribution in [3.05, 3.63) is 11.6 Å². The highest BCUT2D eigenvalue weighted by atomic mass is 16.5. The highest BCUT2D eigenvalue weighted by Crippen LogP contribution is 2.15. The topological polar surface area (TPSA) is 43.4 Å². The first-order valence-electron chi connectivity index (χ1n) is 4.14. The maximum absolute atomic E-state index is 11.1. The van der Waals surface area contributed by atoms with Gasteiger partial charge in [-0.3, -0.25) is 4.79 Å². The highest BCUT2D eigenvalue weighted by Gasteiger charge is 2.18. The molecule has 0 bridgehead atoms. The smallest absolute Gasteiger partial charge is 0.334 e. The second kappa shape index (κ2) is 4.04. The van der Waals surface area contributed by atoms with Gasteiger partial charge in [0.25, 0.3) is 0 Å². The molecule has 0 spiro atoms. The maximum Gasteiger partial charge on any atom is 0.334 e. The molecule has 0 fully saturated rings. The van der Waals surface area contributed by atoms with Gasteiger partial charge in [-0.25, -0.2) is 4.79 Å². The Morgan fingerprint density at radius 2 is 2.33 bits per heavy atom. The van der Waals surface area contributed by atoms with Crippen LogP contribution < -0.4 is 0 Å². The van der Waals surface area contributed by atoms with Crippen molar-refractivity contribution in [2.24, 2.45) is 0 Å². The van der Waals surface area contributed by atoms with E-state index in [1.54, 1.807) is 0 Å². The average Bonchev–Trinajstić information content (AvgIpc) is 2.47. The zero-order valence-corrected chi connectivity index (χ0v) is 7.13. The van der Waals surface area contributed by atoms with Gasteiger partial charge in [-0.2, -0.15) is 0 Å². The normalized spacial score (nSPS) is 16.1. The van der Waals surface area contributed by atoms with E-state index in [4.69, 9.17) is 4.74 Å². The summed E-state index contributed by atoms with van der Waals surface area (Å²) in [4.78, 5) is 21.9. The van der Waals surface area contributed by atoms with Crippen molar-refractivity contribution in [1.29, 1.82) is 0 Å². The molecule has 0 N–H and O–H groups in total. The quantitative estimate of drug-likeness (QED) is 0.595. The number of ether oxygens (including phenoxy) is 1. The molecule has 0 aromatic carbocycles. The van der Waals surface area contributed by atoms with Crippen LogP contribution in [0.2, 0.25) is 0 Å². The van der Waals surface area contributed by atoms with Gasteiger partial charge < -0.3 is 4.74 Å². The molecule has 66 valence electrons. The molecule has 12 heavy (non-hydrogen) atoms. The third-order valence-corrected chi connectivity index (χ3v) is 1.68. The Hall–Kier alpha value is -1.12. The Morgan fingerprint density at radius 1 is 1.58 bits per heavy atom. The molecule has 3 nitrogen and oxygen atoms in total. The Bertz CT molecular complexity index is 228. The van der Waals surface area contributed by atoms with Crippen LogP contribution in [0.4, 0.5) is 0 Å². The predicted octanol–water partition coefficient (Wildman–Crippen LogP) is 1.23. The fourth-order valence-electron chi connectivity index (χ4n) is 1.04. The third-order valence-electron chi connectivity index (χ3n) is 1.68. The lowest BCUT2D eigenvalue weighted by Crippen LogP contribution is -2.06. The van der Waals surface area contributed by atoms with E-state index in [2.05, 4.69) is 0 Å². The molecule has 0 aliphatic heterocycles. The van der Waals surface area contributed by atoms with E-state index in [-0.39, 0.29) is 11.8 Å². The van der Waals surface area contributed by atoms with Gasteiger partial charge >= 0.3 is 5.97 Å². The van der Waals surface area contributed by atoms with Crippen molar-refractivity contribution in [2.75, 3.05) is 6.61 Å². The minimum Gasteiger partial charge on any atom is -0.462 e. The average molecular weight is 168 g/mol. The first kappa shape index (κ1) is 8.97. The van der Waals surface area contributed by atoms with E-state index >= 15 is 0 Å². The van der Waals surface area contributed by atoms with Gasteiger partial charge in [0.2, 0.25) is 0 Å². The number of esters is 1. The second-order valence-corrected chi connectivity index (χ2v) is 2.77. The maximum atomic E-state index is 11.1. The van der Waals surface area contributed by atoms with Crippen LogP contribution in [0.25, 0.3) is 0 Å². The molecule has 0 saturated carbocycles. The summed E-state index contributed by atoms with van der Waals surface area (Å²) >= 11 is 0. The van der Waals surface area contributed by atoms with E-state index < -0.39 is 0 Å². The summed E-state index contributed by atoms with van der Waals surface area (Å²) < 4.78 is 4.86. The summed E-state index contributed by atoms with van der Waals surface area (Å²) in [7, 11) is 0. The summed E-state index contributed by atoms with van der Waals surface area (Å²) in [6.07, 6.45) is 3.20. The van der Waals surface area contributed by atoms with Crippen LogP contribution in [0.1, 0.15) is 26.2 Å². The lowest BCUT2D eigenvalue weighted by Gasteiger charge is -2.01. The van der Waals surface area contributed by atoms with Gasteiger partial charge in [0, 0.05) is 12.0 Å². The fraction of sp³-hybridized carbons (Fsp3) is 0.556. The Morgan fingerprint density at radius 3 is 2.83 bits per heavy atom. The van der Waals surface area contributed by atoms with Crippen LogP contribution in [-0.4, -0.2) is 18.4 Å². The number of rotatable bonds is 3. The summed E-state index contributed by atoms with van der Waals surface area (Å²) in [5.41, 5.74) is 0.522. The van der Waals surface area contributed by atoms with Crippen LogP contribution in [0.15, 0.2) is 11.6 Å². The molecule has 0 amide bonds. The predicted molar refractivity (Wildman–Crippen MR) is 43.6 cm³/mol. The molecule has 0 atom stereocenters. The van der Waals surface area contributed by atoms with Crippen molar-refractivity contribution in [3.8, 4) is 0 Å². The molecule has 0 saturated heterocycles. The Balaban J connectivity index is 2.42. The van der Waals surface area contributed by atoms with Crippen LogP contribution in [-0.2, 0) is 14.3 Å². The van der Waals surface area contributed by atoms with E-state index in [9.17, 15) is 9.59 Å². The molecule has 0 aromatic heterocycles. The van der Waals surface area contributed by atoms with Gasteiger partial charge in [-0.05, 0) is 18.9 Å². The highest BCUT2D eigenvalue weighted by molar-refractivity contribution is 6.03. The first-order chi connectivity index (χ1) is 5.74. The SMILES string of the molecule is CCCOC(=O)C1=CC(=O)CC1.